The molecule has 0 saturated carbocycles. The Hall–Kier alpha value is -3.42. The second kappa shape index (κ2) is 10.0. The molecule has 33 heavy (non-hydrogen) atoms. The van der Waals surface area contributed by atoms with Crippen LogP contribution in [0.2, 0.25) is 0 Å². The lowest BCUT2D eigenvalue weighted by Gasteiger charge is -2.22. The maximum atomic E-state index is 13.0. The number of nitrogens with zero attached hydrogens (tertiary/aromatic N) is 3. The number of carbonyl (C=O) groups is 3. The summed E-state index contributed by atoms with van der Waals surface area (Å²) < 4.78 is 10.6. The highest BCUT2D eigenvalue weighted by molar-refractivity contribution is 6.19. The first kappa shape index (κ1) is 25.8. The van der Waals surface area contributed by atoms with Crippen LogP contribution < -0.4 is 4.90 Å². The van der Waals surface area contributed by atoms with Crippen molar-refractivity contribution in [2.24, 2.45) is 4.99 Å². The normalized spacial score (nSPS) is 15.8. The third-order valence-corrected chi connectivity index (χ3v) is 4.17. The van der Waals surface area contributed by atoms with Gasteiger partial charge in [-0.15, -0.1) is 0 Å². The van der Waals surface area contributed by atoms with Crippen molar-refractivity contribution < 1.29 is 23.9 Å². The second-order valence-electron chi connectivity index (χ2n) is 9.83. The number of amides is 1. The zero-order valence-electron chi connectivity index (χ0n) is 20.6. The molecule has 1 aliphatic heterocycles. The van der Waals surface area contributed by atoms with Gasteiger partial charge < -0.3 is 14.4 Å². The van der Waals surface area contributed by atoms with E-state index < -0.39 is 29.0 Å². The van der Waals surface area contributed by atoms with Gasteiger partial charge in [0, 0.05) is 25.9 Å². The van der Waals surface area contributed by atoms with E-state index in [9.17, 15) is 14.4 Å². The zero-order valence-corrected chi connectivity index (χ0v) is 20.6. The van der Waals surface area contributed by atoms with E-state index in [1.54, 1.807) is 47.6 Å². The van der Waals surface area contributed by atoms with Crippen molar-refractivity contribution in [1.82, 2.24) is 4.90 Å². The van der Waals surface area contributed by atoms with Crippen LogP contribution in [0.3, 0.4) is 0 Å². The summed E-state index contributed by atoms with van der Waals surface area (Å²) in [7, 11) is 3.88. The minimum atomic E-state index is -0.698. The Balaban J connectivity index is 2.33. The molecule has 2 rings (SSSR count). The Bertz CT molecular complexity index is 990. The van der Waals surface area contributed by atoms with E-state index in [0.29, 0.717) is 0 Å². The molecule has 1 aromatic carbocycles. The lowest BCUT2D eigenvalue weighted by molar-refractivity contribution is -0.156. The van der Waals surface area contributed by atoms with Crippen molar-refractivity contribution in [2.45, 2.75) is 52.7 Å². The number of carbonyl (C=O) groups excluding carboxylic acids is 3. The summed E-state index contributed by atoms with van der Waals surface area (Å²) in [5.74, 6) is -1.45. The summed E-state index contributed by atoms with van der Waals surface area (Å²) >= 11 is 0. The Morgan fingerprint density at radius 2 is 1.58 bits per heavy atom. The van der Waals surface area contributed by atoms with Crippen LogP contribution in [0.1, 0.15) is 47.1 Å². The summed E-state index contributed by atoms with van der Waals surface area (Å²) in [6.07, 6.45) is 4.19. The Labute approximate surface area is 195 Å². The van der Waals surface area contributed by atoms with Crippen LogP contribution in [-0.2, 0) is 23.9 Å². The number of aliphatic imine (C=N–C) groups is 1. The van der Waals surface area contributed by atoms with Gasteiger partial charge in [-0.2, -0.15) is 0 Å². The summed E-state index contributed by atoms with van der Waals surface area (Å²) in [5.41, 5.74) is 0.596. The predicted octanol–water partition coefficient (Wildman–Crippen LogP) is 3.57. The van der Waals surface area contributed by atoms with Crippen molar-refractivity contribution in [1.29, 1.82) is 0 Å². The average molecular weight is 456 g/mol. The molecule has 1 aliphatic rings. The quantitative estimate of drug-likeness (QED) is 0.481. The van der Waals surface area contributed by atoms with Crippen molar-refractivity contribution in [3.05, 3.63) is 47.7 Å². The van der Waals surface area contributed by atoms with E-state index in [2.05, 4.69) is 4.99 Å². The van der Waals surface area contributed by atoms with Gasteiger partial charge in [0.15, 0.2) is 0 Å². The van der Waals surface area contributed by atoms with Crippen LogP contribution in [0.15, 0.2) is 47.1 Å². The molecule has 0 N–H and O–H groups in total. The van der Waals surface area contributed by atoms with Gasteiger partial charge in [-0.3, -0.25) is 14.5 Å². The third kappa shape index (κ3) is 8.21. The fraction of sp³-hybridized carbons (Fsp3) is 0.440. The smallest absolute Gasteiger partial charge is 0.331 e. The molecule has 0 aromatic heterocycles. The first-order chi connectivity index (χ1) is 15.1. The lowest BCUT2D eigenvalue weighted by atomic mass is 10.1. The maximum absolute atomic E-state index is 13.0. The molecule has 1 aromatic rings. The van der Waals surface area contributed by atoms with Crippen molar-refractivity contribution in [3.63, 3.8) is 0 Å². The highest BCUT2D eigenvalue weighted by Crippen LogP contribution is 2.21. The standard InChI is InChI=1S/C25H33N3O5/c1-24(2,3)32-21(29)14-13-20-26-19(15-17-9-11-18(12-10-17)27(7)8)23(31)28(20)16-22(30)33-25(4,5)6/h9-15H,16H2,1-8H3/b14-13+,19-15-. The number of anilines is 1. The topological polar surface area (TPSA) is 88.5 Å². The van der Waals surface area contributed by atoms with Crippen molar-refractivity contribution in [3.8, 4) is 0 Å². The molecule has 0 fully saturated rings. The van der Waals surface area contributed by atoms with Gasteiger partial charge in [-0.1, -0.05) is 12.1 Å². The van der Waals surface area contributed by atoms with Gasteiger partial charge in [-0.05, 0) is 71.4 Å². The molecule has 0 spiro atoms. The van der Waals surface area contributed by atoms with E-state index in [0.717, 1.165) is 11.3 Å². The highest BCUT2D eigenvalue weighted by atomic mass is 16.6. The molecule has 1 heterocycles. The molecule has 0 unspecified atom stereocenters. The number of amidine groups is 1. The largest absolute Gasteiger partial charge is 0.459 e. The van der Waals surface area contributed by atoms with Gasteiger partial charge in [-0.25, -0.2) is 9.79 Å². The minimum Gasteiger partial charge on any atom is -0.459 e. The van der Waals surface area contributed by atoms with Crippen LogP contribution in [0.4, 0.5) is 5.69 Å². The lowest BCUT2D eigenvalue weighted by Crippen LogP contribution is -2.39. The third-order valence-electron chi connectivity index (χ3n) is 4.17. The molecule has 0 aliphatic carbocycles. The zero-order chi connectivity index (χ0) is 25.0. The minimum absolute atomic E-state index is 0.153. The summed E-state index contributed by atoms with van der Waals surface area (Å²) in [4.78, 5) is 45.1. The summed E-state index contributed by atoms with van der Waals surface area (Å²) in [6.45, 7) is 10.2. The summed E-state index contributed by atoms with van der Waals surface area (Å²) in [6, 6.07) is 7.60. The number of hydrogen-bond acceptors (Lipinski definition) is 7. The molecule has 178 valence electrons. The molecule has 8 nitrogen and oxygen atoms in total. The first-order valence-corrected chi connectivity index (χ1v) is 10.7. The molecule has 0 radical (unpaired) electrons. The second-order valence-corrected chi connectivity index (χ2v) is 9.83. The fourth-order valence-corrected chi connectivity index (χ4v) is 2.86. The number of benzene rings is 1. The molecule has 0 saturated heterocycles. The molecule has 0 bridgehead atoms. The van der Waals surface area contributed by atoms with E-state index in [1.807, 2.05) is 43.3 Å². The van der Waals surface area contributed by atoms with E-state index in [1.165, 1.54) is 17.1 Å². The average Bonchev–Trinajstić information content (AvgIpc) is 2.93. The van der Waals surface area contributed by atoms with Crippen LogP contribution in [0, 0.1) is 0 Å². The Morgan fingerprint density at radius 1 is 1.00 bits per heavy atom. The van der Waals surface area contributed by atoms with Gasteiger partial charge in [0.2, 0.25) is 0 Å². The van der Waals surface area contributed by atoms with Crippen LogP contribution >= 0.6 is 0 Å². The predicted molar refractivity (Wildman–Crippen MR) is 129 cm³/mol. The van der Waals surface area contributed by atoms with Gasteiger partial charge in [0.1, 0.15) is 29.3 Å². The number of rotatable bonds is 6. The van der Waals surface area contributed by atoms with E-state index in [-0.39, 0.29) is 18.1 Å². The summed E-state index contributed by atoms with van der Waals surface area (Å²) in [5, 5.41) is 0. The van der Waals surface area contributed by atoms with E-state index >= 15 is 0 Å². The van der Waals surface area contributed by atoms with Gasteiger partial charge in [0.05, 0.1) is 0 Å². The SMILES string of the molecule is CN(C)c1ccc(/C=C2N=C(/C=C/C(=O)OC(C)(C)C)N(CC(=O)OC(C)(C)C)C\2=O)cc1. The highest BCUT2D eigenvalue weighted by Gasteiger charge is 2.32. The van der Waals surface area contributed by atoms with Crippen molar-refractivity contribution in [2.75, 3.05) is 25.5 Å². The van der Waals surface area contributed by atoms with Crippen LogP contribution in [0.25, 0.3) is 6.08 Å². The first-order valence-electron chi connectivity index (χ1n) is 10.7. The number of hydrogen-bond donors (Lipinski definition) is 0. The maximum Gasteiger partial charge on any atom is 0.331 e. The molecule has 0 atom stereocenters. The molecular formula is C25H33N3O5. The van der Waals surface area contributed by atoms with Gasteiger partial charge >= 0.3 is 11.9 Å². The van der Waals surface area contributed by atoms with Gasteiger partial charge in [0.25, 0.3) is 5.91 Å². The monoisotopic (exact) mass is 455 g/mol. The Morgan fingerprint density at radius 3 is 2.09 bits per heavy atom. The molecule has 8 heteroatoms. The molecular weight excluding hydrogens is 422 g/mol. The van der Waals surface area contributed by atoms with Crippen LogP contribution in [-0.4, -0.2) is 60.4 Å². The Kier molecular flexibility index (Phi) is 7.84. The van der Waals surface area contributed by atoms with Crippen molar-refractivity contribution >= 4 is 35.4 Å². The number of esters is 2. The molecule has 1 amide bonds. The number of ether oxygens (including phenoxy) is 2. The van der Waals surface area contributed by atoms with Crippen LogP contribution in [0.5, 0.6) is 0 Å². The fourth-order valence-electron chi connectivity index (χ4n) is 2.86. The van der Waals surface area contributed by atoms with E-state index in [4.69, 9.17) is 9.47 Å².